The summed E-state index contributed by atoms with van der Waals surface area (Å²) >= 11 is 9.67. The molecule has 1 aliphatic heterocycles. The molecule has 0 radical (unpaired) electrons. The maximum atomic E-state index is 12.2. The quantitative estimate of drug-likeness (QED) is 0.487. The van der Waals surface area contributed by atoms with E-state index in [0.29, 0.717) is 26.0 Å². The van der Waals surface area contributed by atoms with Gasteiger partial charge in [0.2, 0.25) is 0 Å². The van der Waals surface area contributed by atoms with Gasteiger partial charge in [-0.25, -0.2) is 0 Å². The van der Waals surface area contributed by atoms with Crippen molar-refractivity contribution in [1.82, 2.24) is 4.90 Å². The molecule has 1 fully saturated rings. The van der Waals surface area contributed by atoms with Crippen molar-refractivity contribution in [3.8, 4) is 11.5 Å². The van der Waals surface area contributed by atoms with Crippen LogP contribution in [0.3, 0.4) is 0 Å². The van der Waals surface area contributed by atoms with Gasteiger partial charge in [0.15, 0.2) is 11.5 Å². The predicted octanol–water partition coefficient (Wildman–Crippen LogP) is 3.55. The molecule has 0 aliphatic carbocycles. The van der Waals surface area contributed by atoms with E-state index < -0.39 is 0 Å². The Labute approximate surface area is 140 Å². The number of hydrogen-bond donors (Lipinski definition) is 1. The second-order valence-electron chi connectivity index (χ2n) is 4.13. The molecule has 7 heteroatoms. The van der Waals surface area contributed by atoms with Crippen LogP contribution >= 0.6 is 39.9 Å². The Hall–Kier alpha value is -1.31. The van der Waals surface area contributed by atoms with E-state index in [9.17, 15) is 9.90 Å². The van der Waals surface area contributed by atoms with E-state index in [4.69, 9.17) is 17.0 Å². The molecular formula is C14H12BrNO3S2. The molecule has 0 atom stereocenters. The van der Waals surface area contributed by atoms with E-state index in [1.807, 2.05) is 0 Å². The minimum atomic E-state index is -0.145. The Morgan fingerprint density at radius 2 is 2.29 bits per heavy atom. The van der Waals surface area contributed by atoms with Gasteiger partial charge in [-0.2, -0.15) is 0 Å². The molecular weight excluding hydrogens is 374 g/mol. The van der Waals surface area contributed by atoms with E-state index in [0.717, 1.165) is 5.56 Å². The highest BCUT2D eigenvalue weighted by Crippen LogP contribution is 2.38. The molecule has 1 aliphatic rings. The van der Waals surface area contributed by atoms with Crippen molar-refractivity contribution in [3.63, 3.8) is 0 Å². The van der Waals surface area contributed by atoms with Crippen LogP contribution in [0.2, 0.25) is 0 Å². The Kier molecular flexibility index (Phi) is 5.08. The fourth-order valence-corrected chi connectivity index (χ4v) is 3.51. The van der Waals surface area contributed by atoms with Gasteiger partial charge >= 0.3 is 0 Å². The van der Waals surface area contributed by atoms with Gasteiger partial charge in [0.05, 0.1) is 16.5 Å². The minimum absolute atomic E-state index is 0.0221. The molecule has 21 heavy (non-hydrogen) atoms. The maximum absolute atomic E-state index is 12.2. The normalized spacial score (nSPS) is 16.7. The molecule has 2 rings (SSSR count). The average molecular weight is 386 g/mol. The Morgan fingerprint density at radius 1 is 1.57 bits per heavy atom. The number of halogens is 1. The molecule has 0 spiro atoms. The van der Waals surface area contributed by atoms with Crippen molar-refractivity contribution >= 4 is 56.2 Å². The van der Waals surface area contributed by atoms with Gasteiger partial charge in [0, 0.05) is 6.54 Å². The van der Waals surface area contributed by atoms with Gasteiger partial charge in [0.1, 0.15) is 4.32 Å². The first kappa shape index (κ1) is 16.1. The van der Waals surface area contributed by atoms with Crippen LogP contribution in [-0.2, 0) is 4.79 Å². The maximum Gasteiger partial charge on any atom is 0.266 e. The Morgan fingerprint density at radius 3 is 2.90 bits per heavy atom. The summed E-state index contributed by atoms with van der Waals surface area (Å²) in [6, 6.07) is 3.36. The van der Waals surface area contributed by atoms with E-state index in [1.165, 1.54) is 23.8 Å². The van der Waals surface area contributed by atoms with Crippen molar-refractivity contribution in [2.75, 3.05) is 13.7 Å². The van der Waals surface area contributed by atoms with Crippen LogP contribution in [0.15, 0.2) is 34.2 Å². The topological polar surface area (TPSA) is 49.8 Å². The Bertz CT molecular complexity index is 658. The highest BCUT2D eigenvalue weighted by Gasteiger charge is 2.31. The van der Waals surface area contributed by atoms with E-state index >= 15 is 0 Å². The molecule has 1 heterocycles. The lowest BCUT2D eigenvalue weighted by Crippen LogP contribution is -2.27. The number of methoxy groups -OCH3 is 1. The van der Waals surface area contributed by atoms with Gasteiger partial charge in [-0.05, 0) is 39.7 Å². The number of ether oxygens (including phenoxy) is 1. The van der Waals surface area contributed by atoms with E-state index in [2.05, 4.69) is 22.5 Å². The van der Waals surface area contributed by atoms with Crippen LogP contribution in [-0.4, -0.2) is 33.9 Å². The SMILES string of the molecule is C=CCN1C(=O)/C(=C/c2cc(Br)c(O)c(OC)c2)SC1=S. The summed E-state index contributed by atoms with van der Waals surface area (Å²) in [4.78, 5) is 14.2. The van der Waals surface area contributed by atoms with Gasteiger partial charge < -0.3 is 9.84 Å². The molecule has 0 unspecified atom stereocenters. The summed E-state index contributed by atoms with van der Waals surface area (Å²) in [5.41, 5.74) is 0.732. The molecule has 1 aromatic rings. The number of rotatable bonds is 4. The highest BCUT2D eigenvalue weighted by atomic mass is 79.9. The number of phenolic OH excluding ortho intramolecular Hbond substituents is 1. The fourth-order valence-electron chi connectivity index (χ4n) is 1.77. The lowest BCUT2D eigenvalue weighted by atomic mass is 10.2. The smallest absolute Gasteiger partial charge is 0.266 e. The monoisotopic (exact) mass is 385 g/mol. The van der Waals surface area contributed by atoms with Crippen molar-refractivity contribution in [2.45, 2.75) is 0 Å². The van der Waals surface area contributed by atoms with Crippen molar-refractivity contribution < 1.29 is 14.6 Å². The van der Waals surface area contributed by atoms with Gasteiger partial charge in [0.25, 0.3) is 5.91 Å². The van der Waals surface area contributed by atoms with E-state index in [-0.39, 0.29) is 11.7 Å². The van der Waals surface area contributed by atoms with E-state index in [1.54, 1.807) is 24.3 Å². The zero-order valence-corrected chi connectivity index (χ0v) is 14.3. The number of thioether (sulfide) groups is 1. The fraction of sp³-hybridized carbons (Fsp3) is 0.143. The molecule has 110 valence electrons. The van der Waals surface area contributed by atoms with Crippen LogP contribution in [0.5, 0.6) is 11.5 Å². The zero-order valence-electron chi connectivity index (χ0n) is 11.1. The van der Waals surface area contributed by atoms with Crippen molar-refractivity contribution in [1.29, 1.82) is 0 Å². The number of thiocarbonyl (C=S) groups is 1. The first-order valence-electron chi connectivity index (χ1n) is 5.90. The standard InChI is InChI=1S/C14H12BrNO3S2/c1-3-4-16-13(18)11(21-14(16)20)7-8-5-9(15)12(17)10(6-8)19-2/h3,5-7,17H,1,4H2,2H3/b11-7-. The molecule has 1 N–H and O–H groups in total. The second-order valence-corrected chi connectivity index (χ2v) is 6.66. The molecule has 0 bridgehead atoms. The van der Waals surface area contributed by atoms with Gasteiger partial charge in [-0.3, -0.25) is 9.69 Å². The van der Waals surface area contributed by atoms with Gasteiger partial charge in [-0.15, -0.1) is 6.58 Å². The molecule has 1 aromatic carbocycles. The van der Waals surface area contributed by atoms with Crippen LogP contribution in [0.4, 0.5) is 0 Å². The summed E-state index contributed by atoms with van der Waals surface area (Å²) in [6.45, 7) is 4.01. The number of nitrogens with zero attached hydrogens (tertiary/aromatic N) is 1. The number of benzene rings is 1. The molecule has 1 amide bonds. The molecule has 0 saturated carbocycles. The summed E-state index contributed by atoms with van der Waals surface area (Å²) in [5.74, 6) is 0.208. The second kappa shape index (κ2) is 6.64. The average Bonchev–Trinajstić information content (AvgIpc) is 2.70. The Balaban J connectivity index is 2.37. The summed E-state index contributed by atoms with van der Waals surface area (Å²) in [6.07, 6.45) is 3.35. The number of amides is 1. The van der Waals surface area contributed by atoms with Crippen LogP contribution in [0.1, 0.15) is 5.56 Å². The van der Waals surface area contributed by atoms with Crippen LogP contribution in [0.25, 0.3) is 6.08 Å². The first-order valence-corrected chi connectivity index (χ1v) is 7.92. The summed E-state index contributed by atoms with van der Waals surface area (Å²) < 4.78 is 6.09. The zero-order chi connectivity index (χ0) is 15.6. The molecule has 0 aromatic heterocycles. The number of carbonyl (C=O) groups is 1. The van der Waals surface area contributed by atoms with Gasteiger partial charge in [-0.1, -0.05) is 30.1 Å². The first-order chi connectivity index (χ1) is 9.97. The number of carbonyl (C=O) groups excluding carboxylic acids is 1. The summed E-state index contributed by atoms with van der Waals surface area (Å²) in [5, 5.41) is 9.78. The third-order valence-electron chi connectivity index (χ3n) is 2.75. The third-order valence-corrected chi connectivity index (χ3v) is 4.74. The summed E-state index contributed by atoms with van der Waals surface area (Å²) in [7, 11) is 1.47. The van der Waals surface area contributed by atoms with Crippen LogP contribution < -0.4 is 4.74 Å². The van der Waals surface area contributed by atoms with Crippen LogP contribution in [0, 0.1) is 0 Å². The molecule has 1 saturated heterocycles. The largest absolute Gasteiger partial charge is 0.503 e. The van der Waals surface area contributed by atoms with Crippen molar-refractivity contribution in [2.24, 2.45) is 0 Å². The number of phenols is 1. The number of hydrogen-bond acceptors (Lipinski definition) is 5. The molecule has 4 nitrogen and oxygen atoms in total. The minimum Gasteiger partial charge on any atom is -0.503 e. The lowest BCUT2D eigenvalue weighted by molar-refractivity contribution is -0.121. The number of aromatic hydroxyl groups is 1. The predicted molar refractivity (Wildman–Crippen MR) is 92.4 cm³/mol. The highest BCUT2D eigenvalue weighted by molar-refractivity contribution is 9.10. The third kappa shape index (κ3) is 3.30. The lowest BCUT2D eigenvalue weighted by Gasteiger charge is -2.10. The van der Waals surface area contributed by atoms with Crippen molar-refractivity contribution in [3.05, 3.63) is 39.7 Å².